The zero-order valence-electron chi connectivity index (χ0n) is 9.31. The normalized spacial score (nSPS) is 32.5. The zero-order valence-corrected chi connectivity index (χ0v) is 10.9. The van der Waals surface area contributed by atoms with Crippen molar-refractivity contribution >= 4 is 15.9 Å². The highest BCUT2D eigenvalue weighted by atomic mass is 79.9. The maximum Gasteiger partial charge on any atom is 0.0344 e. The molecule has 1 nitrogen and oxygen atoms in total. The van der Waals surface area contributed by atoms with Crippen molar-refractivity contribution in [2.24, 2.45) is 11.1 Å². The summed E-state index contributed by atoms with van der Waals surface area (Å²) in [7, 11) is 0. The van der Waals surface area contributed by atoms with Crippen molar-refractivity contribution < 1.29 is 0 Å². The lowest BCUT2D eigenvalue weighted by atomic mass is 9.72. The number of hydrogen-bond acceptors (Lipinski definition) is 1. The zero-order chi connectivity index (χ0) is 10.8. The summed E-state index contributed by atoms with van der Waals surface area (Å²) in [6.07, 6.45) is 6.86. The monoisotopic (exact) mass is 257 g/mol. The van der Waals surface area contributed by atoms with Crippen LogP contribution in [-0.2, 0) is 0 Å². The lowest BCUT2D eigenvalue weighted by Gasteiger charge is -2.37. The molecular formula is C12H20BrN. The van der Waals surface area contributed by atoms with E-state index in [9.17, 15) is 0 Å². The summed E-state index contributed by atoms with van der Waals surface area (Å²) in [6, 6.07) is 0.185. The Balaban J connectivity index is 2.82. The topological polar surface area (TPSA) is 26.0 Å². The van der Waals surface area contributed by atoms with Gasteiger partial charge < -0.3 is 5.73 Å². The number of alkyl halides is 1. The lowest BCUT2D eigenvalue weighted by Crippen LogP contribution is -2.41. The smallest absolute Gasteiger partial charge is 0.0344 e. The molecule has 2 atom stereocenters. The Morgan fingerprint density at radius 1 is 1.50 bits per heavy atom. The molecule has 1 aliphatic carbocycles. The first-order chi connectivity index (χ1) is 6.49. The molecule has 0 amide bonds. The third kappa shape index (κ3) is 2.48. The van der Waals surface area contributed by atoms with Gasteiger partial charge in [0.05, 0.1) is 0 Å². The molecule has 1 aliphatic rings. The van der Waals surface area contributed by atoms with E-state index < -0.39 is 0 Å². The molecule has 0 bridgehead atoms. The molecule has 0 aromatic heterocycles. The van der Waals surface area contributed by atoms with Crippen LogP contribution in [0.5, 0.6) is 0 Å². The Hall–Kier alpha value is -0.0800. The molecule has 2 unspecified atom stereocenters. The Morgan fingerprint density at radius 2 is 2.14 bits per heavy atom. The van der Waals surface area contributed by atoms with E-state index in [1.54, 1.807) is 0 Å². The summed E-state index contributed by atoms with van der Waals surface area (Å²) in [6.45, 7) is 6.55. The number of halogens is 1. The van der Waals surface area contributed by atoms with Gasteiger partial charge in [-0.3, -0.25) is 0 Å². The molecule has 0 aliphatic heterocycles. The molecule has 14 heavy (non-hydrogen) atoms. The summed E-state index contributed by atoms with van der Waals surface area (Å²) in [5.41, 5.74) is 9.04. The van der Waals surface area contributed by atoms with Crippen LogP contribution in [-0.4, -0.2) is 11.4 Å². The summed E-state index contributed by atoms with van der Waals surface area (Å²) >= 11 is 3.47. The van der Waals surface area contributed by atoms with E-state index in [-0.39, 0.29) is 11.5 Å². The molecule has 0 fully saturated rings. The molecule has 0 saturated carbocycles. The van der Waals surface area contributed by atoms with Crippen molar-refractivity contribution in [1.29, 1.82) is 0 Å². The number of allylic oxidation sites excluding steroid dienone is 2. The quantitative estimate of drug-likeness (QED) is 0.771. The van der Waals surface area contributed by atoms with Crippen LogP contribution in [0.15, 0.2) is 23.3 Å². The van der Waals surface area contributed by atoms with Crippen molar-refractivity contribution in [2.45, 2.75) is 39.7 Å². The first kappa shape index (κ1) is 12.0. The average Bonchev–Trinajstić information content (AvgIpc) is 2.11. The Bertz CT molecular complexity index is 267. The van der Waals surface area contributed by atoms with Gasteiger partial charge in [0, 0.05) is 16.8 Å². The van der Waals surface area contributed by atoms with Crippen molar-refractivity contribution in [3.8, 4) is 0 Å². The minimum Gasteiger partial charge on any atom is -0.324 e. The molecule has 2 heteroatoms. The second-order valence-corrected chi connectivity index (χ2v) is 5.35. The molecule has 2 N–H and O–H groups in total. The first-order valence-electron chi connectivity index (χ1n) is 5.19. The number of rotatable bonds is 3. The van der Waals surface area contributed by atoms with Gasteiger partial charge >= 0.3 is 0 Å². The third-order valence-electron chi connectivity index (χ3n) is 3.06. The molecule has 0 saturated heterocycles. The van der Waals surface area contributed by atoms with E-state index in [1.165, 1.54) is 17.6 Å². The van der Waals surface area contributed by atoms with Crippen LogP contribution in [0.25, 0.3) is 0 Å². The van der Waals surface area contributed by atoms with Crippen LogP contribution in [0.2, 0.25) is 0 Å². The second kappa shape index (κ2) is 4.63. The molecule has 1 rings (SSSR count). The van der Waals surface area contributed by atoms with Crippen molar-refractivity contribution in [2.75, 3.05) is 5.33 Å². The SMILES string of the molecule is CC1=CC(C)(CCCBr)C(N)C(C)=C1. The van der Waals surface area contributed by atoms with Gasteiger partial charge in [0.2, 0.25) is 0 Å². The van der Waals surface area contributed by atoms with Gasteiger partial charge in [-0.2, -0.15) is 0 Å². The van der Waals surface area contributed by atoms with Crippen LogP contribution in [0.1, 0.15) is 33.6 Å². The van der Waals surface area contributed by atoms with Crippen LogP contribution >= 0.6 is 15.9 Å². The molecule has 0 spiro atoms. The number of nitrogens with two attached hydrogens (primary N) is 1. The van der Waals surface area contributed by atoms with E-state index in [0.29, 0.717) is 0 Å². The summed E-state index contributed by atoms with van der Waals surface area (Å²) < 4.78 is 0. The highest BCUT2D eigenvalue weighted by Gasteiger charge is 2.32. The Labute approximate surface area is 95.6 Å². The van der Waals surface area contributed by atoms with E-state index in [1.807, 2.05) is 0 Å². The van der Waals surface area contributed by atoms with Gasteiger partial charge in [0.25, 0.3) is 0 Å². The maximum atomic E-state index is 6.23. The Kier molecular flexibility index (Phi) is 3.96. The van der Waals surface area contributed by atoms with E-state index >= 15 is 0 Å². The average molecular weight is 258 g/mol. The summed E-state index contributed by atoms with van der Waals surface area (Å²) in [5, 5.41) is 1.06. The highest BCUT2D eigenvalue weighted by molar-refractivity contribution is 9.09. The van der Waals surface area contributed by atoms with Crippen molar-refractivity contribution in [3.05, 3.63) is 23.3 Å². The van der Waals surface area contributed by atoms with E-state index in [0.717, 1.165) is 11.8 Å². The van der Waals surface area contributed by atoms with Gasteiger partial charge in [0.15, 0.2) is 0 Å². The molecule has 0 radical (unpaired) electrons. The largest absolute Gasteiger partial charge is 0.324 e. The highest BCUT2D eigenvalue weighted by Crippen LogP contribution is 2.36. The molecular weight excluding hydrogens is 238 g/mol. The fourth-order valence-electron chi connectivity index (χ4n) is 2.30. The predicted molar refractivity (Wildman–Crippen MR) is 66.6 cm³/mol. The maximum absolute atomic E-state index is 6.23. The van der Waals surface area contributed by atoms with Crippen LogP contribution in [0.4, 0.5) is 0 Å². The summed E-state index contributed by atoms with van der Waals surface area (Å²) in [5.74, 6) is 0. The van der Waals surface area contributed by atoms with Gasteiger partial charge in [-0.15, -0.1) is 0 Å². The van der Waals surface area contributed by atoms with E-state index in [4.69, 9.17) is 5.73 Å². The standard InChI is InChI=1S/C12H20BrN/c1-9-7-10(2)11(14)12(3,8-9)5-4-6-13/h7-8,11H,4-6,14H2,1-3H3. The Morgan fingerprint density at radius 3 is 2.71 bits per heavy atom. The third-order valence-corrected chi connectivity index (χ3v) is 3.62. The van der Waals surface area contributed by atoms with Gasteiger partial charge in [-0.25, -0.2) is 0 Å². The van der Waals surface area contributed by atoms with Crippen LogP contribution in [0, 0.1) is 5.41 Å². The van der Waals surface area contributed by atoms with Crippen LogP contribution < -0.4 is 5.73 Å². The molecule has 0 aromatic carbocycles. The fourth-order valence-corrected chi connectivity index (χ4v) is 2.58. The fraction of sp³-hybridized carbons (Fsp3) is 0.667. The number of hydrogen-bond donors (Lipinski definition) is 1. The predicted octanol–water partition coefficient (Wildman–Crippen LogP) is 3.40. The molecule has 80 valence electrons. The molecule has 0 aromatic rings. The van der Waals surface area contributed by atoms with Crippen LogP contribution in [0.3, 0.4) is 0 Å². The van der Waals surface area contributed by atoms with E-state index in [2.05, 4.69) is 48.9 Å². The van der Waals surface area contributed by atoms with Gasteiger partial charge in [0.1, 0.15) is 0 Å². The minimum absolute atomic E-state index is 0.149. The lowest BCUT2D eigenvalue weighted by molar-refractivity contribution is 0.331. The van der Waals surface area contributed by atoms with Crippen molar-refractivity contribution in [1.82, 2.24) is 0 Å². The van der Waals surface area contributed by atoms with Gasteiger partial charge in [-0.1, -0.05) is 46.2 Å². The first-order valence-corrected chi connectivity index (χ1v) is 6.31. The molecule has 0 heterocycles. The summed E-state index contributed by atoms with van der Waals surface area (Å²) in [4.78, 5) is 0. The second-order valence-electron chi connectivity index (χ2n) is 4.55. The van der Waals surface area contributed by atoms with Crippen molar-refractivity contribution in [3.63, 3.8) is 0 Å². The van der Waals surface area contributed by atoms with Gasteiger partial charge in [-0.05, 0) is 26.7 Å². The minimum atomic E-state index is 0.149.